The molecule has 1 fully saturated rings. The summed E-state index contributed by atoms with van der Waals surface area (Å²) in [6.45, 7) is 9.41. The fraction of sp³-hybridized carbons (Fsp3) is 0.727. The van der Waals surface area contributed by atoms with Gasteiger partial charge in [-0.3, -0.25) is 4.90 Å². The van der Waals surface area contributed by atoms with Gasteiger partial charge in [-0.1, -0.05) is 5.16 Å². The van der Waals surface area contributed by atoms with E-state index in [4.69, 9.17) is 4.52 Å². The fourth-order valence-electron chi connectivity index (χ4n) is 2.02. The third-order valence-corrected chi connectivity index (χ3v) is 2.94. The molecule has 2 heterocycles. The van der Waals surface area contributed by atoms with E-state index in [-0.39, 0.29) is 0 Å². The van der Waals surface area contributed by atoms with Crippen molar-refractivity contribution < 1.29 is 4.52 Å². The van der Waals surface area contributed by atoms with E-state index in [9.17, 15) is 0 Å². The van der Waals surface area contributed by atoms with E-state index < -0.39 is 0 Å². The van der Waals surface area contributed by atoms with Crippen LogP contribution in [0.1, 0.15) is 25.3 Å². The van der Waals surface area contributed by atoms with Gasteiger partial charge < -0.3 is 9.84 Å². The van der Waals surface area contributed by atoms with Crippen LogP contribution in [0.5, 0.6) is 0 Å². The van der Waals surface area contributed by atoms with Crippen LogP contribution in [0, 0.1) is 6.92 Å². The van der Waals surface area contributed by atoms with Gasteiger partial charge in [0, 0.05) is 37.8 Å². The number of hydrogen-bond donors (Lipinski definition) is 1. The highest BCUT2D eigenvalue weighted by Crippen LogP contribution is 2.12. The van der Waals surface area contributed by atoms with Crippen LogP contribution in [-0.2, 0) is 6.54 Å². The molecule has 1 aliphatic rings. The van der Waals surface area contributed by atoms with E-state index in [1.165, 1.54) is 0 Å². The Balaban J connectivity index is 1.98. The van der Waals surface area contributed by atoms with Crippen molar-refractivity contribution in [1.82, 2.24) is 15.4 Å². The maximum atomic E-state index is 5.08. The first-order chi connectivity index (χ1) is 7.15. The third-order valence-electron chi connectivity index (χ3n) is 2.94. The van der Waals surface area contributed by atoms with Gasteiger partial charge >= 0.3 is 0 Å². The van der Waals surface area contributed by atoms with Crippen LogP contribution in [0.3, 0.4) is 0 Å². The van der Waals surface area contributed by atoms with Crippen LogP contribution in [0.25, 0.3) is 0 Å². The lowest BCUT2D eigenvalue weighted by atomic mass is 10.1. The molecule has 15 heavy (non-hydrogen) atoms. The second-order valence-corrected chi connectivity index (χ2v) is 4.52. The molecule has 4 heteroatoms. The lowest BCUT2D eigenvalue weighted by molar-refractivity contribution is 0.135. The molecule has 4 nitrogen and oxygen atoms in total. The minimum absolute atomic E-state index is 0.564. The molecule has 2 unspecified atom stereocenters. The maximum absolute atomic E-state index is 5.08. The summed E-state index contributed by atoms with van der Waals surface area (Å²) < 4.78 is 5.08. The number of piperazine rings is 1. The van der Waals surface area contributed by atoms with Gasteiger partial charge in [0.1, 0.15) is 5.76 Å². The summed E-state index contributed by atoms with van der Waals surface area (Å²) >= 11 is 0. The number of aromatic nitrogens is 1. The molecule has 1 aromatic heterocycles. The second kappa shape index (κ2) is 4.33. The average molecular weight is 209 g/mol. The molecule has 0 aromatic carbocycles. The normalized spacial score (nSPS) is 28.2. The van der Waals surface area contributed by atoms with E-state index >= 15 is 0 Å². The van der Waals surface area contributed by atoms with Gasteiger partial charge in [-0.2, -0.15) is 0 Å². The van der Waals surface area contributed by atoms with E-state index in [0.29, 0.717) is 12.1 Å². The van der Waals surface area contributed by atoms with Crippen LogP contribution in [0.2, 0.25) is 0 Å². The Morgan fingerprint density at radius 2 is 2.40 bits per heavy atom. The highest BCUT2D eigenvalue weighted by atomic mass is 16.5. The van der Waals surface area contributed by atoms with Crippen molar-refractivity contribution in [3.63, 3.8) is 0 Å². The molecule has 1 aromatic rings. The zero-order valence-corrected chi connectivity index (χ0v) is 9.66. The predicted molar refractivity (Wildman–Crippen MR) is 58.6 cm³/mol. The molecular formula is C11H19N3O. The molecule has 0 amide bonds. The van der Waals surface area contributed by atoms with E-state index in [1.807, 2.05) is 13.0 Å². The predicted octanol–water partition coefficient (Wildman–Crippen LogP) is 1.17. The number of aryl methyl sites for hydroxylation is 1. The van der Waals surface area contributed by atoms with E-state index in [1.54, 1.807) is 0 Å². The van der Waals surface area contributed by atoms with Crippen LogP contribution >= 0.6 is 0 Å². The van der Waals surface area contributed by atoms with Gasteiger partial charge in [0.15, 0.2) is 0 Å². The molecule has 84 valence electrons. The van der Waals surface area contributed by atoms with Gasteiger partial charge in [-0.05, 0) is 20.8 Å². The van der Waals surface area contributed by atoms with Gasteiger partial charge in [0.05, 0.1) is 5.69 Å². The summed E-state index contributed by atoms with van der Waals surface area (Å²) in [4.78, 5) is 2.44. The summed E-state index contributed by atoms with van der Waals surface area (Å²) in [6, 6.07) is 3.15. The molecular weight excluding hydrogens is 190 g/mol. The van der Waals surface area contributed by atoms with Gasteiger partial charge in [-0.15, -0.1) is 0 Å². The number of nitrogens with one attached hydrogen (secondary N) is 1. The topological polar surface area (TPSA) is 41.3 Å². The third kappa shape index (κ3) is 2.58. The SMILES string of the molecule is Cc1cc(CN2CC(C)NCC2C)no1. The molecule has 2 atom stereocenters. The Hall–Kier alpha value is -0.870. The Kier molecular flexibility index (Phi) is 3.07. The van der Waals surface area contributed by atoms with Gasteiger partial charge in [-0.25, -0.2) is 0 Å². The van der Waals surface area contributed by atoms with Crippen LogP contribution in [-0.4, -0.2) is 35.2 Å². The minimum atomic E-state index is 0.564. The lowest BCUT2D eigenvalue weighted by Crippen LogP contribution is -2.53. The van der Waals surface area contributed by atoms with Crippen LogP contribution in [0.4, 0.5) is 0 Å². The first-order valence-electron chi connectivity index (χ1n) is 5.55. The van der Waals surface area contributed by atoms with Crippen molar-refractivity contribution in [3.05, 3.63) is 17.5 Å². The first kappa shape index (κ1) is 10.6. The molecule has 0 bridgehead atoms. The van der Waals surface area contributed by atoms with Gasteiger partial charge in [0.25, 0.3) is 0 Å². The van der Waals surface area contributed by atoms with Crippen molar-refractivity contribution in [2.45, 2.75) is 39.4 Å². The molecule has 0 radical (unpaired) electrons. The Labute approximate surface area is 90.6 Å². The Morgan fingerprint density at radius 3 is 3.07 bits per heavy atom. The molecule has 1 saturated heterocycles. The second-order valence-electron chi connectivity index (χ2n) is 4.52. The van der Waals surface area contributed by atoms with Crippen molar-refractivity contribution in [2.24, 2.45) is 0 Å². The highest BCUT2D eigenvalue weighted by molar-refractivity contribution is 5.04. The van der Waals surface area contributed by atoms with E-state index in [2.05, 4.69) is 29.2 Å². The Morgan fingerprint density at radius 1 is 1.60 bits per heavy atom. The lowest BCUT2D eigenvalue weighted by Gasteiger charge is -2.36. The van der Waals surface area contributed by atoms with E-state index in [0.717, 1.165) is 31.1 Å². The van der Waals surface area contributed by atoms with Crippen molar-refractivity contribution in [2.75, 3.05) is 13.1 Å². The van der Waals surface area contributed by atoms with Crippen molar-refractivity contribution in [1.29, 1.82) is 0 Å². The smallest absolute Gasteiger partial charge is 0.133 e. The van der Waals surface area contributed by atoms with Crippen molar-refractivity contribution >= 4 is 0 Å². The first-order valence-corrected chi connectivity index (χ1v) is 5.55. The van der Waals surface area contributed by atoms with Crippen LogP contribution in [0.15, 0.2) is 10.6 Å². The summed E-state index contributed by atoms with van der Waals surface area (Å²) in [6.07, 6.45) is 0. The average Bonchev–Trinajstić information content (AvgIpc) is 2.58. The van der Waals surface area contributed by atoms with Crippen molar-refractivity contribution in [3.8, 4) is 0 Å². The fourth-order valence-corrected chi connectivity index (χ4v) is 2.02. The molecule has 0 aliphatic carbocycles. The maximum Gasteiger partial charge on any atom is 0.133 e. The number of hydrogen-bond acceptors (Lipinski definition) is 4. The summed E-state index contributed by atoms with van der Waals surface area (Å²) in [5.74, 6) is 0.890. The quantitative estimate of drug-likeness (QED) is 0.793. The monoisotopic (exact) mass is 209 g/mol. The summed E-state index contributed by atoms with van der Waals surface area (Å²) in [7, 11) is 0. The number of nitrogens with zero attached hydrogens (tertiary/aromatic N) is 2. The standard InChI is InChI=1S/C11H19N3O/c1-8-6-14(9(2)5-12-8)7-11-4-10(3)15-13-11/h4,8-9,12H,5-7H2,1-3H3. The largest absolute Gasteiger partial charge is 0.361 e. The minimum Gasteiger partial charge on any atom is -0.361 e. The molecule has 0 spiro atoms. The zero-order chi connectivity index (χ0) is 10.8. The van der Waals surface area contributed by atoms with Gasteiger partial charge in [0.2, 0.25) is 0 Å². The number of rotatable bonds is 2. The van der Waals surface area contributed by atoms with Crippen LogP contribution < -0.4 is 5.32 Å². The summed E-state index contributed by atoms with van der Waals surface area (Å²) in [5, 5.41) is 7.50. The molecule has 1 aliphatic heterocycles. The summed E-state index contributed by atoms with van der Waals surface area (Å²) in [5.41, 5.74) is 1.04. The Bertz CT molecular complexity index is 323. The molecule has 0 saturated carbocycles. The molecule has 2 rings (SSSR count). The highest BCUT2D eigenvalue weighted by Gasteiger charge is 2.22. The molecule has 1 N–H and O–H groups in total. The zero-order valence-electron chi connectivity index (χ0n) is 9.66.